The highest BCUT2D eigenvalue weighted by Crippen LogP contribution is 2.44. The summed E-state index contributed by atoms with van der Waals surface area (Å²) >= 11 is 1.50. The van der Waals surface area contributed by atoms with E-state index < -0.39 is 41.9 Å². The van der Waals surface area contributed by atoms with Crippen molar-refractivity contribution in [2.45, 2.75) is 24.4 Å². The normalized spacial score (nSPS) is 19.3. The molecule has 0 saturated carbocycles. The molecule has 4 rings (SSSR count). The van der Waals surface area contributed by atoms with Crippen molar-refractivity contribution < 1.29 is 29.0 Å². The van der Waals surface area contributed by atoms with E-state index >= 15 is 0 Å². The van der Waals surface area contributed by atoms with Gasteiger partial charge in [-0.3, -0.25) is 14.4 Å². The first-order valence-electron chi connectivity index (χ1n) is 11.3. The molecule has 2 aliphatic rings. The monoisotopic (exact) mass is 497 g/mol. The number of carbonyl (C=O) groups is 4. The van der Waals surface area contributed by atoms with E-state index in [1.807, 2.05) is 54.8 Å². The topological polar surface area (TPSA) is 134 Å². The average Bonchev–Trinajstić information content (AvgIpc) is 3.38. The molecule has 0 bridgehead atoms. The molecule has 2 aromatic carbocycles. The van der Waals surface area contributed by atoms with Gasteiger partial charge >= 0.3 is 12.1 Å². The molecular formula is C25H27N3O6S. The number of alkyl carbamates (subject to hydrolysis) is 1. The minimum atomic E-state index is -1.19. The molecule has 3 amide bonds. The highest BCUT2D eigenvalue weighted by molar-refractivity contribution is 7.98. The van der Waals surface area contributed by atoms with E-state index in [2.05, 4.69) is 16.0 Å². The molecule has 0 radical (unpaired) electrons. The number of hydrogen-bond donors (Lipinski definition) is 4. The molecule has 1 fully saturated rings. The molecule has 0 spiro atoms. The van der Waals surface area contributed by atoms with E-state index in [1.165, 1.54) is 11.8 Å². The third-order valence-corrected chi connectivity index (χ3v) is 7.00. The third-order valence-electron chi connectivity index (χ3n) is 6.36. The van der Waals surface area contributed by atoms with E-state index in [0.29, 0.717) is 12.2 Å². The molecule has 1 heterocycles. The Morgan fingerprint density at radius 3 is 2.34 bits per heavy atom. The Morgan fingerprint density at radius 2 is 1.74 bits per heavy atom. The maximum Gasteiger partial charge on any atom is 0.407 e. The summed E-state index contributed by atoms with van der Waals surface area (Å²) in [5.41, 5.74) is 4.37. The summed E-state index contributed by atoms with van der Waals surface area (Å²) in [5.74, 6) is -2.98. The Morgan fingerprint density at radius 1 is 1.11 bits per heavy atom. The van der Waals surface area contributed by atoms with E-state index in [0.717, 1.165) is 22.3 Å². The van der Waals surface area contributed by atoms with Gasteiger partial charge in [-0.2, -0.15) is 11.8 Å². The van der Waals surface area contributed by atoms with Crippen molar-refractivity contribution in [3.8, 4) is 11.1 Å². The maximum absolute atomic E-state index is 12.9. The number of benzene rings is 2. The number of carboxylic acids is 1. The lowest BCUT2D eigenvalue weighted by Crippen LogP contribution is -2.53. The van der Waals surface area contributed by atoms with Crippen LogP contribution in [0.25, 0.3) is 11.1 Å². The summed E-state index contributed by atoms with van der Waals surface area (Å²) in [6.07, 6.45) is 1.41. The van der Waals surface area contributed by atoms with Gasteiger partial charge in [0, 0.05) is 12.5 Å². The molecule has 4 N–H and O–H groups in total. The lowest BCUT2D eigenvalue weighted by atomic mass is 9.98. The minimum absolute atomic E-state index is 0.0611. The van der Waals surface area contributed by atoms with E-state index in [1.54, 1.807) is 0 Å². The van der Waals surface area contributed by atoms with Crippen molar-refractivity contribution in [2.24, 2.45) is 5.92 Å². The van der Waals surface area contributed by atoms with E-state index in [4.69, 9.17) is 4.74 Å². The van der Waals surface area contributed by atoms with Crippen molar-refractivity contribution in [2.75, 3.05) is 25.2 Å². The van der Waals surface area contributed by atoms with E-state index in [-0.39, 0.29) is 19.1 Å². The zero-order valence-corrected chi connectivity index (χ0v) is 20.0. The van der Waals surface area contributed by atoms with Gasteiger partial charge in [-0.15, -0.1) is 0 Å². The zero-order valence-electron chi connectivity index (χ0n) is 19.2. The largest absolute Gasteiger partial charge is 0.481 e. The van der Waals surface area contributed by atoms with Crippen LogP contribution in [0.1, 0.15) is 23.5 Å². The lowest BCUT2D eigenvalue weighted by molar-refractivity contribution is -0.143. The number of carbonyl (C=O) groups excluding carboxylic acids is 3. The van der Waals surface area contributed by atoms with Crippen LogP contribution >= 0.6 is 11.8 Å². The average molecular weight is 498 g/mol. The van der Waals surface area contributed by atoms with Crippen LogP contribution in [0.15, 0.2) is 48.5 Å². The quantitative estimate of drug-likeness (QED) is 0.416. The Kier molecular flexibility index (Phi) is 7.60. The second kappa shape index (κ2) is 10.8. The van der Waals surface area contributed by atoms with Crippen LogP contribution in [-0.2, 0) is 19.1 Å². The van der Waals surface area contributed by atoms with Crippen molar-refractivity contribution in [3.63, 3.8) is 0 Å². The molecule has 2 aromatic rings. The number of carboxylic acid groups (broad SMARTS) is 1. The molecule has 1 aliphatic carbocycles. The maximum atomic E-state index is 12.9. The number of ether oxygens (including phenoxy) is 1. The molecule has 1 saturated heterocycles. The van der Waals surface area contributed by atoms with Gasteiger partial charge in [0.1, 0.15) is 24.6 Å². The Hall–Kier alpha value is -3.53. The fourth-order valence-corrected chi connectivity index (χ4v) is 5.03. The first kappa shape index (κ1) is 24.6. The van der Waals surface area contributed by atoms with Gasteiger partial charge in [0.25, 0.3) is 0 Å². The van der Waals surface area contributed by atoms with Crippen LogP contribution in [0.4, 0.5) is 4.79 Å². The number of rotatable bonds is 9. The standard InChI is InChI=1S/C25H27N3O6S/c1-35-11-10-20(22(29)28-21-18(24(31)32)12-26-23(21)30)27-25(33)34-13-19-16-8-4-2-6-14(16)15-7-3-5-9-17(15)19/h2-9,18-21H,10-13H2,1H3,(H,26,30)(H,27,33)(H,28,29)(H,31,32)/t18?,20-,21?/m0/s1. The zero-order chi connectivity index (χ0) is 24.9. The number of aliphatic carboxylic acids is 1. The number of fused-ring (bicyclic) bond motifs is 3. The summed E-state index contributed by atoms with van der Waals surface area (Å²) in [4.78, 5) is 49.0. The minimum Gasteiger partial charge on any atom is -0.481 e. The van der Waals surface area contributed by atoms with Gasteiger partial charge in [-0.25, -0.2) is 4.79 Å². The highest BCUT2D eigenvalue weighted by Gasteiger charge is 2.41. The fraction of sp³-hybridized carbons (Fsp3) is 0.360. The number of amides is 3. The fourth-order valence-electron chi connectivity index (χ4n) is 4.56. The van der Waals surface area contributed by atoms with Gasteiger partial charge in [0.2, 0.25) is 11.8 Å². The predicted octanol–water partition coefficient (Wildman–Crippen LogP) is 1.96. The second-order valence-electron chi connectivity index (χ2n) is 8.48. The Balaban J connectivity index is 1.41. The summed E-state index contributed by atoms with van der Waals surface area (Å²) < 4.78 is 5.54. The number of thioether (sulfide) groups is 1. The molecule has 3 atom stereocenters. The van der Waals surface area contributed by atoms with Crippen LogP contribution in [-0.4, -0.2) is 66.2 Å². The molecule has 1 aliphatic heterocycles. The molecule has 2 unspecified atom stereocenters. The summed E-state index contributed by atoms with van der Waals surface area (Å²) in [6.45, 7) is 0.0389. The second-order valence-corrected chi connectivity index (χ2v) is 9.47. The predicted molar refractivity (Wildman–Crippen MR) is 131 cm³/mol. The molecule has 0 aromatic heterocycles. The lowest BCUT2D eigenvalue weighted by Gasteiger charge is -2.22. The van der Waals surface area contributed by atoms with E-state index in [9.17, 15) is 24.3 Å². The molecule has 10 heteroatoms. The van der Waals surface area contributed by atoms with Crippen molar-refractivity contribution >= 4 is 35.6 Å². The van der Waals surface area contributed by atoms with Gasteiger partial charge < -0.3 is 25.8 Å². The molecule has 9 nitrogen and oxygen atoms in total. The van der Waals surface area contributed by atoms with Crippen LogP contribution in [0.2, 0.25) is 0 Å². The summed E-state index contributed by atoms with van der Waals surface area (Å²) in [5, 5.41) is 16.8. The van der Waals surface area contributed by atoms with Crippen LogP contribution in [0.5, 0.6) is 0 Å². The van der Waals surface area contributed by atoms with Crippen molar-refractivity contribution in [1.82, 2.24) is 16.0 Å². The van der Waals surface area contributed by atoms with Gasteiger partial charge in [-0.05, 0) is 40.7 Å². The van der Waals surface area contributed by atoms with Gasteiger partial charge in [0.15, 0.2) is 0 Å². The highest BCUT2D eigenvalue weighted by atomic mass is 32.2. The Labute approximate surface area is 207 Å². The van der Waals surface area contributed by atoms with Crippen LogP contribution < -0.4 is 16.0 Å². The first-order valence-corrected chi connectivity index (χ1v) is 12.7. The molecule has 184 valence electrons. The van der Waals surface area contributed by atoms with Crippen LogP contribution in [0, 0.1) is 5.92 Å². The van der Waals surface area contributed by atoms with Gasteiger partial charge in [0.05, 0.1) is 0 Å². The third kappa shape index (κ3) is 5.27. The smallest absolute Gasteiger partial charge is 0.407 e. The number of nitrogens with one attached hydrogen (secondary N) is 3. The Bertz CT molecular complexity index is 1090. The molecule has 35 heavy (non-hydrogen) atoms. The molecular weight excluding hydrogens is 470 g/mol. The van der Waals surface area contributed by atoms with Crippen molar-refractivity contribution in [1.29, 1.82) is 0 Å². The summed E-state index contributed by atoms with van der Waals surface area (Å²) in [6, 6.07) is 13.8. The SMILES string of the molecule is CSCC[C@H](NC(=O)OCC1c2ccccc2-c2ccccc21)C(=O)NC1C(=O)NCC1C(=O)O. The van der Waals surface area contributed by atoms with Crippen LogP contribution in [0.3, 0.4) is 0 Å². The van der Waals surface area contributed by atoms with Crippen molar-refractivity contribution in [3.05, 3.63) is 59.7 Å². The number of hydrogen-bond acceptors (Lipinski definition) is 6. The summed E-state index contributed by atoms with van der Waals surface area (Å²) in [7, 11) is 0. The van der Waals surface area contributed by atoms with Gasteiger partial charge in [-0.1, -0.05) is 48.5 Å². The first-order chi connectivity index (χ1) is 16.9.